The summed E-state index contributed by atoms with van der Waals surface area (Å²) >= 11 is 0. The topological polar surface area (TPSA) is 38.8 Å². The van der Waals surface area contributed by atoms with Gasteiger partial charge in [0.2, 0.25) is 0 Å². The monoisotopic (exact) mass is 299 g/mol. The highest BCUT2D eigenvalue weighted by molar-refractivity contribution is 5.68. The normalized spacial score (nSPS) is 23.5. The van der Waals surface area contributed by atoms with Crippen LogP contribution in [0.2, 0.25) is 0 Å². The van der Waals surface area contributed by atoms with Crippen molar-refractivity contribution in [1.82, 2.24) is 4.90 Å². The molecule has 1 aliphatic heterocycles. The van der Waals surface area contributed by atoms with E-state index in [-0.39, 0.29) is 11.7 Å². The Labute approximate surface area is 130 Å². The van der Waals surface area contributed by atoms with Gasteiger partial charge in [-0.05, 0) is 52.4 Å². The lowest BCUT2D eigenvalue weighted by molar-refractivity contribution is -0.0955. The Morgan fingerprint density at radius 3 is 2.52 bits per heavy atom. The fraction of sp³-hybridized carbons (Fsp3) is 0.941. The van der Waals surface area contributed by atoms with Crippen molar-refractivity contribution in [3.05, 3.63) is 0 Å². The Morgan fingerprint density at radius 1 is 1.33 bits per heavy atom. The van der Waals surface area contributed by atoms with Crippen LogP contribution in [-0.4, -0.2) is 41.9 Å². The second-order valence-corrected chi connectivity index (χ2v) is 7.57. The summed E-state index contributed by atoms with van der Waals surface area (Å²) in [4.78, 5) is 14.1. The van der Waals surface area contributed by atoms with E-state index in [1.165, 1.54) is 0 Å². The lowest BCUT2D eigenvalue weighted by atomic mass is 9.90. The third kappa shape index (κ3) is 6.25. The minimum atomic E-state index is -0.443. The van der Waals surface area contributed by atoms with Gasteiger partial charge in [0, 0.05) is 13.2 Å². The Bertz CT molecular complexity index is 335. The molecule has 21 heavy (non-hydrogen) atoms. The van der Waals surface area contributed by atoms with Gasteiger partial charge in [-0.25, -0.2) is 4.79 Å². The van der Waals surface area contributed by atoms with Gasteiger partial charge in [-0.3, -0.25) is 0 Å². The minimum Gasteiger partial charge on any atom is -0.444 e. The molecule has 1 fully saturated rings. The molecule has 0 aromatic rings. The van der Waals surface area contributed by atoms with Gasteiger partial charge < -0.3 is 14.4 Å². The lowest BCUT2D eigenvalue weighted by Crippen LogP contribution is -2.52. The van der Waals surface area contributed by atoms with Gasteiger partial charge in [0.25, 0.3) is 0 Å². The number of ether oxygens (including phenoxy) is 2. The van der Waals surface area contributed by atoms with E-state index < -0.39 is 5.60 Å². The molecule has 0 aromatic carbocycles. The molecular formula is C17H33NO3. The number of hydrogen-bond donors (Lipinski definition) is 0. The number of likely N-dealkylation sites (tertiary alicyclic amines) is 1. The van der Waals surface area contributed by atoms with Crippen molar-refractivity contribution in [2.75, 3.05) is 19.7 Å². The first-order chi connectivity index (χ1) is 9.67. The van der Waals surface area contributed by atoms with Crippen LogP contribution >= 0.6 is 0 Å². The average Bonchev–Trinajstić information content (AvgIpc) is 2.36. The van der Waals surface area contributed by atoms with Crippen molar-refractivity contribution < 1.29 is 14.3 Å². The molecule has 0 bridgehead atoms. The first kappa shape index (κ1) is 18.3. The van der Waals surface area contributed by atoms with E-state index in [1.807, 2.05) is 25.7 Å². The molecule has 1 amide bonds. The van der Waals surface area contributed by atoms with E-state index in [2.05, 4.69) is 20.8 Å². The molecule has 124 valence electrons. The number of carbonyl (C=O) groups is 1. The Balaban J connectivity index is 2.60. The lowest BCUT2D eigenvalue weighted by Gasteiger charge is -2.42. The molecule has 0 radical (unpaired) electrons. The van der Waals surface area contributed by atoms with Crippen molar-refractivity contribution in [1.29, 1.82) is 0 Å². The molecule has 4 heteroatoms. The number of carbonyl (C=O) groups excluding carboxylic acids is 1. The Hall–Kier alpha value is -0.770. The second-order valence-electron chi connectivity index (χ2n) is 7.57. The van der Waals surface area contributed by atoms with Crippen LogP contribution < -0.4 is 0 Å². The standard InChI is InChI=1S/C17H33NO3/c1-7-17(20-12-9-14(2)3)10-8-11-18(13-17)15(19)21-16(4,5)6/h14H,7-13H2,1-6H3. The Kier molecular flexibility index (Phi) is 6.51. The molecular weight excluding hydrogens is 266 g/mol. The highest BCUT2D eigenvalue weighted by atomic mass is 16.6. The highest BCUT2D eigenvalue weighted by Crippen LogP contribution is 2.29. The molecule has 1 heterocycles. The Morgan fingerprint density at radius 2 is 2.00 bits per heavy atom. The number of rotatable bonds is 5. The summed E-state index contributed by atoms with van der Waals surface area (Å²) in [7, 11) is 0. The molecule has 0 spiro atoms. The van der Waals surface area contributed by atoms with E-state index in [0.717, 1.165) is 38.8 Å². The van der Waals surface area contributed by atoms with Crippen LogP contribution in [0, 0.1) is 5.92 Å². The summed E-state index contributed by atoms with van der Waals surface area (Å²) < 4.78 is 11.7. The predicted octanol–water partition coefficient (Wildman–Crippen LogP) is 4.23. The maximum atomic E-state index is 12.2. The van der Waals surface area contributed by atoms with Crippen LogP contribution in [0.5, 0.6) is 0 Å². The van der Waals surface area contributed by atoms with Gasteiger partial charge in [0.1, 0.15) is 5.60 Å². The van der Waals surface area contributed by atoms with Crippen molar-refractivity contribution in [3.63, 3.8) is 0 Å². The van der Waals surface area contributed by atoms with Gasteiger partial charge in [-0.2, -0.15) is 0 Å². The van der Waals surface area contributed by atoms with E-state index in [9.17, 15) is 4.79 Å². The molecule has 1 saturated heterocycles. The van der Waals surface area contributed by atoms with E-state index in [4.69, 9.17) is 9.47 Å². The second kappa shape index (κ2) is 7.48. The van der Waals surface area contributed by atoms with Crippen molar-refractivity contribution >= 4 is 6.09 Å². The largest absolute Gasteiger partial charge is 0.444 e. The summed E-state index contributed by atoms with van der Waals surface area (Å²) in [6.07, 6.45) is 3.79. The van der Waals surface area contributed by atoms with Crippen molar-refractivity contribution in [2.45, 2.75) is 78.4 Å². The summed E-state index contributed by atoms with van der Waals surface area (Å²) in [6, 6.07) is 0. The number of piperidine rings is 1. The van der Waals surface area contributed by atoms with Crippen LogP contribution in [-0.2, 0) is 9.47 Å². The molecule has 1 rings (SSSR count). The van der Waals surface area contributed by atoms with Gasteiger partial charge in [0.05, 0.1) is 12.1 Å². The fourth-order valence-corrected chi connectivity index (χ4v) is 2.60. The summed E-state index contributed by atoms with van der Waals surface area (Å²) in [5.41, 5.74) is -0.633. The van der Waals surface area contributed by atoms with Crippen molar-refractivity contribution in [2.24, 2.45) is 5.92 Å². The van der Waals surface area contributed by atoms with Crippen molar-refractivity contribution in [3.8, 4) is 0 Å². The fourth-order valence-electron chi connectivity index (χ4n) is 2.60. The maximum absolute atomic E-state index is 12.2. The molecule has 1 atom stereocenters. The molecule has 1 aliphatic rings. The highest BCUT2D eigenvalue weighted by Gasteiger charge is 2.38. The predicted molar refractivity (Wildman–Crippen MR) is 85.5 cm³/mol. The zero-order valence-corrected chi connectivity index (χ0v) is 14.7. The number of hydrogen-bond acceptors (Lipinski definition) is 3. The average molecular weight is 299 g/mol. The first-order valence-electron chi connectivity index (χ1n) is 8.29. The molecule has 1 unspecified atom stereocenters. The molecule has 4 nitrogen and oxygen atoms in total. The third-order valence-corrected chi connectivity index (χ3v) is 3.94. The molecule has 0 saturated carbocycles. The van der Waals surface area contributed by atoms with E-state index >= 15 is 0 Å². The summed E-state index contributed by atoms with van der Waals surface area (Å²) in [6.45, 7) is 14.5. The summed E-state index contributed by atoms with van der Waals surface area (Å²) in [5, 5.41) is 0. The van der Waals surface area contributed by atoms with Crippen LogP contribution in [0.25, 0.3) is 0 Å². The molecule has 0 aromatic heterocycles. The van der Waals surface area contributed by atoms with Crippen LogP contribution in [0.4, 0.5) is 4.79 Å². The third-order valence-electron chi connectivity index (χ3n) is 3.94. The van der Waals surface area contributed by atoms with Gasteiger partial charge in [-0.1, -0.05) is 20.8 Å². The van der Waals surface area contributed by atoms with Crippen LogP contribution in [0.1, 0.15) is 67.2 Å². The maximum Gasteiger partial charge on any atom is 0.410 e. The van der Waals surface area contributed by atoms with Crippen LogP contribution in [0.3, 0.4) is 0 Å². The first-order valence-corrected chi connectivity index (χ1v) is 8.29. The van der Waals surface area contributed by atoms with Gasteiger partial charge in [0.15, 0.2) is 0 Å². The van der Waals surface area contributed by atoms with Crippen LogP contribution in [0.15, 0.2) is 0 Å². The number of amides is 1. The zero-order chi connectivity index (χ0) is 16.1. The zero-order valence-electron chi connectivity index (χ0n) is 14.7. The smallest absolute Gasteiger partial charge is 0.410 e. The van der Waals surface area contributed by atoms with Gasteiger partial charge >= 0.3 is 6.09 Å². The minimum absolute atomic E-state index is 0.190. The number of nitrogens with zero attached hydrogens (tertiary/aromatic N) is 1. The van der Waals surface area contributed by atoms with Gasteiger partial charge in [-0.15, -0.1) is 0 Å². The quantitative estimate of drug-likeness (QED) is 0.762. The summed E-state index contributed by atoms with van der Waals surface area (Å²) in [5.74, 6) is 0.643. The SMILES string of the molecule is CCC1(OCCC(C)C)CCCN(C(=O)OC(C)(C)C)C1. The van der Waals surface area contributed by atoms with E-state index in [1.54, 1.807) is 0 Å². The van der Waals surface area contributed by atoms with E-state index in [0.29, 0.717) is 12.5 Å². The molecule has 0 aliphatic carbocycles. The molecule has 0 N–H and O–H groups in total.